The Hall–Kier alpha value is -1.55. The fourth-order valence-electron chi connectivity index (χ4n) is 2.43. The summed E-state index contributed by atoms with van der Waals surface area (Å²) in [5.74, 6) is -0.426. The van der Waals surface area contributed by atoms with E-state index in [1.165, 1.54) is 0 Å². The summed E-state index contributed by atoms with van der Waals surface area (Å²) < 4.78 is 5.25. The minimum absolute atomic E-state index is 0.137. The lowest BCUT2D eigenvalue weighted by Crippen LogP contribution is -2.41. The molecule has 1 aliphatic rings. The highest BCUT2D eigenvalue weighted by Crippen LogP contribution is 2.22. The molecule has 0 aromatic heterocycles. The highest BCUT2D eigenvalue weighted by atomic mass is 35.5. The van der Waals surface area contributed by atoms with Crippen LogP contribution < -0.4 is 0 Å². The number of ether oxygens (including phenoxy) is 1. The Kier molecular flexibility index (Phi) is 5.62. The van der Waals surface area contributed by atoms with Crippen LogP contribution in [0.4, 0.5) is 0 Å². The molecular weight excluding hydrogens is 290 g/mol. The maximum Gasteiger partial charge on any atom is 0.328 e. The van der Waals surface area contributed by atoms with Crippen LogP contribution in [0.25, 0.3) is 0 Å². The zero-order valence-electron chi connectivity index (χ0n) is 12.2. The molecule has 5 heteroatoms. The summed E-state index contributed by atoms with van der Waals surface area (Å²) in [6.45, 7) is 3.06. The molecule has 1 atom stereocenters. The van der Waals surface area contributed by atoms with Crippen LogP contribution in [-0.4, -0.2) is 36.0 Å². The number of nitrogens with zero attached hydrogens (tertiary/aromatic N) is 1. The van der Waals surface area contributed by atoms with Crippen molar-refractivity contribution in [3.8, 4) is 0 Å². The lowest BCUT2D eigenvalue weighted by atomic mass is 10.1. The molecule has 1 saturated heterocycles. The third kappa shape index (κ3) is 3.97. The van der Waals surface area contributed by atoms with E-state index in [-0.39, 0.29) is 11.9 Å². The predicted octanol–water partition coefficient (Wildman–Crippen LogP) is 3.29. The Bertz CT molecular complexity index is 501. The average Bonchev–Trinajstić information content (AvgIpc) is 2.97. The number of carbonyl (C=O) groups excluding carboxylic acids is 2. The van der Waals surface area contributed by atoms with Crippen molar-refractivity contribution in [1.29, 1.82) is 0 Å². The minimum atomic E-state index is -0.454. The van der Waals surface area contributed by atoms with Gasteiger partial charge in [0.1, 0.15) is 6.04 Å². The van der Waals surface area contributed by atoms with Gasteiger partial charge in [-0.2, -0.15) is 0 Å². The highest BCUT2D eigenvalue weighted by molar-refractivity contribution is 6.30. The van der Waals surface area contributed by atoms with Gasteiger partial charge in [-0.25, -0.2) is 4.79 Å². The van der Waals surface area contributed by atoms with Crippen LogP contribution >= 0.6 is 11.6 Å². The second kappa shape index (κ2) is 7.46. The van der Waals surface area contributed by atoms with Crippen LogP contribution in [0, 0.1) is 0 Å². The molecule has 0 N–H and O–H groups in total. The molecule has 1 amide bonds. The first kappa shape index (κ1) is 15.8. The maximum atomic E-state index is 12.5. The van der Waals surface area contributed by atoms with E-state index in [4.69, 9.17) is 16.3 Å². The van der Waals surface area contributed by atoms with Gasteiger partial charge in [-0.3, -0.25) is 4.79 Å². The average molecular weight is 310 g/mol. The van der Waals surface area contributed by atoms with Gasteiger partial charge < -0.3 is 9.64 Å². The number of esters is 1. The molecule has 1 aliphatic heterocycles. The van der Waals surface area contributed by atoms with Crippen LogP contribution in [-0.2, 0) is 9.53 Å². The Morgan fingerprint density at radius 1 is 1.33 bits per heavy atom. The summed E-state index contributed by atoms with van der Waals surface area (Å²) in [6.07, 6.45) is 3.33. The molecule has 1 aromatic rings. The van der Waals surface area contributed by atoms with E-state index in [0.717, 1.165) is 19.3 Å². The van der Waals surface area contributed by atoms with Gasteiger partial charge >= 0.3 is 5.97 Å². The summed E-state index contributed by atoms with van der Waals surface area (Å²) in [4.78, 5) is 26.2. The highest BCUT2D eigenvalue weighted by Gasteiger charge is 2.35. The van der Waals surface area contributed by atoms with Crippen molar-refractivity contribution in [2.75, 3.05) is 13.2 Å². The molecule has 21 heavy (non-hydrogen) atoms. The van der Waals surface area contributed by atoms with Gasteiger partial charge in [-0.1, -0.05) is 24.9 Å². The number of carbonyl (C=O) groups is 2. The molecule has 0 spiro atoms. The number of halogens is 1. The van der Waals surface area contributed by atoms with Gasteiger partial charge in [-0.15, -0.1) is 0 Å². The van der Waals surface area contributed by atoms with E-state index in [1.54, 1.807) is 29.2 Å². The Morgan fingerprint density at radius 2 is 2.05 bits per heavy atom. The third-order valence-corrected chi connectivity index (χ3v) is 3.87. The molecule has 114 valence electrons. The molecule has 1 aromatic carbocycles. The molecule has 2 rings (SSSR count). The SMILES string of the molecule is CCCCOC(=O)C1CCCN1C(=O)c1ccc(Cl)cc1. The summed E-state index contributed by atoms with van der Waals surface area (Å²) >= 11 is 5.83. The normalized spacial score (nSPS) is 17.8. The number of benzene rings is 1. The zero-order chi connectivity index (χ0) is 15.2. The molecule has 0 bridgehead atoms. The van der Waals surface area contributed by atoms with Crippen molar-refractivity contribution in [2.45, 2.75) is 38.6 Å². The first-order chi connectivity index (χ1) is 10.1. The zero-order valence-corrected chi connectivity index (χ0v) is 12.9. The second-order valence-corrected chi connectivity index (χ2v) is 5.62. The van der Waals surface area contributed by atoms with Gasteiger partial charge in [0, 0.05) is 17.1 Å². The molecular formula is C16H20ClNO3. The Morgan fingerprint density at radius 3 is 2.71 bits per heavy atom. The second-order valence-electron chi connectivity index (χ2n) is 5.18. The topological polar surface area (TPSA) is 46.6 Å². The van der Waals surface area contributed by atoms with Crippen LogP contribution in [0.1, 0.15) is 43.0 Å². The lowest BCUT2D eigenvalue weighted by Gasteiger charge is -2.23. The summed E-state index contributed by atoms with van der Waals surface area (Å²) in [6, 6.07) is 6.27. The van der Waals surface area contributed by atoms with Crippen molar-refractivity contribution in [2.24, 2.45) is 0 Å². The Labute approximate surface area is 130 Å². The van der Waals surface area contributed by atoms with E-state index in [0.29, 0.717) is 30.2 Å². The van der Waals surface area contributed by atoms with Crippen LogP contribution in [0.15, 0.2) is 24.3 Å². The summed E-state index contributed by atoms with van der Waals surface area (Å²) in [5.41, 5.74) is 0.549. The quantitative estimate of drug-likeness (QED) is 0.619. The monoisotopic (exact) mass is 309 g/mol. The number of hydrogen-bond donors (Lipinski definition) is 0. The van der Waals surface area contributed by atoms with Crippen molar-refractivity contribution in [3.05, 3.63) is 34.9 Å². The van der Waals surface area contributed by atoms with Crippen molar-refractivity contribution in [1.82, 2.24) is 4.90 Å². The molecule has 1 fully saturated rings. The first-order valence-corrected chi connectivity index (χ1v) is 7.74. The number of hydrogen-bond acceptors (Lipinski definition) is 3. The summed E-state index contributed by atoms with van der Waals surface area (Å²) in [7, 11) is 0. The van der Waals surface area contributed by atoms with Gasteiger partial charge in [0.05, 0.1) is 6.61 Å². The minimum Gasteiger partial charge on any atom is -0.464 e. The molecule has 0 radical (unpaired) electrons. The number of likely N-dealkylation sites (tertiary alicyclic amines) is 1. The molecule has 0 aliphatic carbocycles. The van der Waals surface area contributed by atoms with E-state index in [1.807, 2.05) is 6.92 Å². The lowest BCUT2D eigenvalue weighted by molar-refractivity contribution is -0.148. The molecule has 4 nitrogen and oxygen atoms in total. The van der Waals surface area contributed by atoms with Gasteiger partial charge in [0.2, 0.25) is 0 Å². The largest absolute Gasteiger partial charge is 0.464 e. The van der Waals surface area contributed by atoms with E-state index < -0.39 is 6.04 Å². The maximum absolute atomic E-state index is 12.5. The fraction of sp³-hybridized carbons (Fsp3) is 0.500. The van der Waals surface area contributed by atoms with Crippen LogP contribution in [0.3, 0.4) is 0 Å². The number of rotatable bonds is 5. The van der Waals surface area contributed by atoms with Gasteiger partial charge in [-0.05, 0) is 43.5 Å². The number of amides is 1. The molecule has 1 heterocycles. The standard InChI is InChI=1S/C16H20ClNO3/c1-2-3-11-21-16(20)14-5-4-10-18(14)15(19)12-6-8-13(17)9-7-12/h6-9,14H,2-5,10-11H2,1H3. The predicted molar refractivity (Wildman–Crippen MR) is 81.4 cm³/mol. The van der Waals surface area contributed by atoms with Crippen molar-refractivity contribution in [3.63, 3.8) is 0 Å². The van der Waals surface area contributed by atoms with Crippen LogP contribution in [0.2, 0.25) is 5.02 Å². The van der Waals surface area contributed by atoms with Crippen LogP contribution in [0.5, 0.6) is 0 Å². The van der Waals surface area contributed by atoms with Gasteiger partial charge in [0.25, 0.3) is 5.91 Å². The molecule has 1 unspecified atom stereocenters. The van der Waals surface area contributed by atoms with E-state index >= 15 is 0 Å². The smallest absolute Gasteiger partial charge is 0.328 e. The van der Waals surface area contributed by atoms with Crippen molar-refractivity contribution < 1.29 is 14.3 Å². The van der Waals surface area contributed by atoms with E-state index in [2.05, 4.69) is 0 Å². The van der Waals surface area contributed by atoms with Gasteiger partial charge in [0.15, 0.2) is 0 Å². The summed E-state index contributed by atoms with van der Waals surface area (Å²) in [5, 5.41) is 0.587. The Balaban J connectivity index is 2.02. The van der Waals surface area contributed by atoms with E-state index in [9.17, 15) is 9.59 Å². The van der Waals surface area contributed by atoms with Crippen molar-refractivity contribution >= 4 is 23.5 Å². The third-order valence-electron chi connectivity index (χ3n) is 3.62. The molecule has 0 saturated carbocycles. The fourth-order valence-corrected chi connectivity index (χ4v) is 2.55. The first-order valence-electron chi connectivity index (χ1n) is 7.36. The number of unbranched alkanes of at least 4 members (excludes halogenated alkanes) is 1.